The van der Waals surface area contributed by atoms with Crippen LogP contribution in [0.15, 0.2) is 40.9 Å². The lowest BCUT2D eigenvalue weighted by Gasteiger charge is -2.10. The zero-order valence-electron chi connectivity index (χ0n) is 10.1. The number of halogens is 3. The van der Waals surface area contributed by atoms with Crippen LogP contribution < -0.4 is 16.4 Å². The van der Waals surface area contributed by atoms with E-state index in [4.69, 9.17) is 5.73 Å². The summed E-state index contributed by atoms with van der Waals surface area (Å²) in [6.07, 6.45) is 0. The molecular weight excluding hydrogens is 332 g/mol. The standard InChI is InChI=1S/C13H10BrF2N3O/c14-7-5-10(15)12(11(16)6-7)19-13(20)18-9-3-1-8(17)2-4-9/h1-6H,17H2,(H2,18,19,20). The molecule has 0 saturated carbocycles. The van der Waals surface area contributed by atoms with E-state index in [0.717, 1.165) is 12.1 Å². The van der Waals surface area contributed by atoms with Crippen LogP contribution in [0.3, 0.4) is 0 Å². The van der Waals surface area contributed by atoms with Gasteiger partial charge in [0.15, 0.2) is 11.6 Å². The quantitative estimate of drug-likeness (QED) is 0.724. The van der Waals surface area contributed by atoms with Gasteiger partial charge in [-0.2, -0.15) is 0 Å². The first-order chi connectivity index (χ1) is 9.45. The Morgan fingerprint density at radius 1 is 1.05 bits per heavy atom. The van der Waals surface area contributed by atoms with Gasteiger partial charge in [-0.05, 0) is 36.4 Å². The summed E-state index contributed by atoms with van der Waals surface area (Å²) in [5.41, 5.74) is 5.99. The smallest absolute Gasteiger partial charge is 0.323 e. The molecule has 0 bridgehead atoms. The van der Waals surface area contributed by atoms with Gasteiger partial charge in [-0.1, -0.05) is 15.9 Å². The lowest BCUT2D eigenvalue weighted by atomic mass is 10.3. The second kappa shape index (κ2) is 5.87. The number of nitrogen functional groups attached to an aromatic ring is 1. The Bertz CT molecular complexity index is 624. The molecule has 0 fully saturated rings. The fourth-order valence-electron chi connectivity index (χ4n) is 1.50. The zero-order chi connectivity index (χ0) is 14.7. The molecule has 0 radical (unpaired) electrons. The summed E-state index contributed by atoms with van der Waals surface area (Å²) in [6.45, 7) is 0. The fourth-order valence-corrected chi connectivity index (χ4v) is 1.91. The van der Waals surface area contributed by atoms with Crippen molar-refractivity contribution >= 4 is 39.0 Å². The number of nitrogens with one attached hydrogen (secondary N) is 2. The lowest BCUT2D eigenvalue weighted by Crippen LogP contribution is -2.21. The average Bonchev–Trinajstić information content (AvgIpc) is 2.36. The first kappa shape index (κ1) is 14.3. The van der Waals surface area contributed by atoms with Gasteiger partial charge < -0.3 is 16.4 Å². The number of rotatable bonds is 2. The highest BCUT2D eigenvalue weighted by Gasteiger charge is 2.13. The molecule has 4 nitrogen and oxygen atoms in total. The van der Waals surface area contributed by atoms with E-state index in [1.165, 1.54) is 0 Å². The predicted molar refractivity (Wildman–Crippen MR) is 77.6 cm³/mol. The number of amides is 2. The van der Waals surface area contributed by atoms with E-state index in [1.807, 2.05) is 0 Å². The molecule has 0 aliphatic rings. The Labute approximate surface area is 122 Å². The maximum absolute atomic E-state index is 13.5. The summed E-state index contributed by atoms with van der Waals surface area (Å²) in [6, 6.07) is 7.69. The molecule has 2 amide bonds. The third kappa shape index (κ3) is 3.45. The van der Waals surface area contributed by atoms with E-state index in [0.29, 0.717) is 11.4 Å². The van der Waals surface area contributed by atoms with Gasteiger partial charge in [-0.25, -0.2) is 13.6 Å². The molecule has 7 heteroatoms. The molecule has 0 spiro atoms. The zero-order valence-corrected chi connectivity index (χ0v) is 11.7. The van der Waals surface area contributed by atoms with E-state index >= 15 is 0 Å². The maximum atomic E-state index is 13.5. The summed E-state index contributed by atoms with van der Waals surface area (Å²) >= 11 is 2.95. The summed E-state index contributed by atoms with van der Waals surface area (Å²) in [4.78, 5) is 11.7. The largest absolute Gasteiger partial charge is 0.399 e. The number of anilines is 3. The monoisotopic (exact) mass is 341 g/mol. The van der Waals surface area contributed by atoms with Gasteiger partial charge in [-0.3, -0.25) is 0 Å². The van der Waals surface area contributed by atoms with Crippen LogP contribution in [0.25, 0.3) is 0 Å². The van der Waals surface area contributed by atoms with Crippen molar-refractivity contribution in [3.05, 3.63) is 52.5 Å². The molecule has 0 unspecified atom stereocenters. The van der Waals surface area contributed by atoms with Crippen LogP contribution in [0.4, 0.5) is 30.6 Å². The van der Waals surface area contributed by atoms with Gasteiger partial charge in [0.05, 0.1) is 0 Å². The summed E-state index contributed by atoms with van der Waals surface area (Å²) in [5, 5.41) is 4.55. The molecule has 2 aromatic carbocycles. The summed E-state index contributed by atoms with van der Waals surface area (Å²) in [7, 11) is 0. The molecule has 20 heavy (non-hydrogen) atoms. The molecule has 0 atom stereocenters. The predicted octanol–water partition coefficient (Wildman–Crippen LogP) is 3.95. The van der Waals surface area contributed by atoms with E-state index < -0.39 is 23.4 Å². The fraction of sp³-hybridized carbons (Fsp3) is 0. The Kier molecular flexibility index (Phi) is 4.19. The number of urea groups is 1. The van der Waals surface area contributed by atoms with Crippen LogP contribution >= 0.6 is 15.9 Å². The van der Waals surface area contributed by atoms with Crippen LogP contribution in [-0.2, 0) is 0 Å². The highest BCUT2D eigenvalue weighted by atomic mass is 79.9. The number of hydrogen-bond acceptors (Lipinski definition) is 2. The highest BCUT2D eigenvalue weighted by molar-refractivity contribution is 9.10. The van der Waals surface area contributed by atoms with Crippen LogP contribution in [0.2, 0.25) is 0 Å². The second-order valence-electron chi connectivity index (χ2n) is 3.95. The molecule has 0 aromatic heterocycles. The number of carbonyl (C=O) groups excluding carboxylic acids is 1. The number of benzene rings is 2. The molecule has 0 aliphatic heterocycles. The third-order valence-corrected chi connectivity index (χ3v) is 2.87. The van der Waals surface area contributed by atoms with Crippen LogP contribution in [0.5, 0.6) is 0 Å². The summed E-state index contributed by atoms with van der Waals surface area (Å²) < 4.78 is 27.3. The Balaban J connectivity index is 2.10. The minimum Gasteiger partial charge on any atom is -0.399 e. The lowest BCUT2D eigenvalue weighted by molar-refractivity contribution is 0.262. The second-order valence-corrected chi connectivity index (χ2v) is 4.86. The molecule has 0 aliphatic carbocycles. The van der Waals surface area contributed by atoms with Crippen LogP contribution in [0.1, 0.15) is 0 Å². The van der Waals surface area contributed by atoms with E-state index in [-0.39, 0.29) is 4.47 Å². The molecule has 4 N–H and O–H groups in total. The van der Waals surface area contributed by atoms with Gasteiger partial charge >= 0.3 is 6.03 Å². The SMILES string of the molecule is Nc1ccc(NC(=O)Nc2c(F)cc(Br)cc2F)cc1. The van der Waals surface area contributed by atoms with Crippen LogP contribution in [0, 0.1) is 11.6 Å². The van der Waals surface area contributed by atoms with Gasteiger partial charge in [0.25, 0.3) is 0 Å². The molecule has 104 valence electrons. The minimum atomic E-state index is -0.871. The Morgan fingerprint density at radius 3 is 2.15 bits per heavy atom. The van der Waals surface area contributed by atoms with Crippen molar-refractivity contribution in [2.24, 2.45) is 0 Å². The van der Waals surface area contributed by atoms with Crippen molar-refractivity contribution in [1.29, 1.82) is 0 Å². The molecule has 0 heterocycles. The van der Waals surface area contributed by atoms with Gasteiger partial charge in [-0.15, -0.1) is 0 Å². The maximum Gasteiger partial charge on any atom is 0.323 e. The highest BCUT2D eigenvalue weighted by Crippen LogP contribution is 2.24. The topological polar surface area (TPSA) is 67.1 Å². The normalized spacial score (nSPS) is 10.2. The Morgan fingerprint density at radius 2 is 1.60 bits per heavy atom. The van der Waals surface area contributed by atoms with E-state index in [2.05, 4.69) is 26.6 Å². The van der Waals surface area contributed by atoms with Gasteiger partial charge in [0, 0.05) is 15.8 Å². The van der Waals surface area contributed by atoms with Crippen molar-refractivity contribution in [3.8, 4) is 0 Å². The molecular formula is C13H10BrF2N3O. The van der Waals surface area contributed by atoms with Crippen molar-refractivity contribution in [2.45, 2.75) is 0 Å². The first-order valence-electron chi connectivity index (χ1n) is 5.54. The number of hydrogen-bond donors (Lipinski definition) is 3. The molecule has 2 aromatic rings. The summed E-state index contributed by atoms with van der Waals surface area (Å²) in [5.74, 6) is -1.74. The van der Waals surface area contributed by atoms with E-state index in [9.17, 15) is 13.6 Å². The third-order valence-electron chi connectivity index (χ3n) is 2.41. The van der Waals surface area contributed by atoms with Crippen molar-refractivity contribution < 1.29 is 13.6 Å². The Hall–Kier alpha value is -2.15. The minimum absolute atomic E-state index is 0.247. The van der Waals surface area contributed by atoms with Crippen molar-refractivity contribution in [3.63, 3.8) is 0 Å². The average molecular weight is 342 g/mol. The van der Waals surface area contributed by atoms with Crippen molar-refractivity contribution in [2.75, 3.05) is 16.4 Å². The molecule has 0 saturated heterocycles. The van der Waals surface area contributed by atoms with Gasteiger partial charge in [0.2, 0.25) is 0 Å². The van der Waals surface area contributed by atoms with Crippen LogP contribution in [-0.4, -0.2) is 6.03 Å². The first-order valence-corrected chi connectivity index (χ1v) is 6.33. The number of carbonyl (C=O) groups is 1. The number of nitrogens with two attached hydrogens (primary N) is 1. The van der Waals surface area contributed by atoms with Crippen molar-refractivity contribution in [1.82, 2.24) is 0 Å². The molecule has 2 rings (SSSR count). The van der Waals surface area contributed by atoms with E-state index in [1.54, 1.807) is 24.3 Å². The van der Waals surface area contributed by atoms with Gasteiger partial charge in [0.1, 0.15) is 5.69 Å².